The molecule has 2 unspecified atom stereocenters. The van der Waals surface area contributed by atoms with E-state index in [0.717, 1.165) is 25.7 Å². The fourth-order valence-electron chi connectivity index (χ4n) is 4.75. The van der Waals surface area contributed by atoms with Crippen LogP contribution >= 0.6 is 11.8 Å². The molecule has 0 aromatic carbocycles. The predicted octanol–water partition coefficient (Wildman–Crippen LogP) is 5.75. The van der Waals surface area contributed by atoms with Crippen LogP contribution in [0.15, 0.2) is 0 Å². The van der Waals surface area contributed by atoms with E-state index >= 15 is 0 Å². The van der Waals surface area contributed by atoms with Gasteiger partial charge in [-0.05, 0) is 25.7 Å². The summed E-state index contributed by atoms with van der Waals surface area (Å²) in [5, 5.41) is 5.37. The van der Waals surface area contributed by atoms with Gasteiger partial charge in [-0.15, -0.1) is 11.8 Å². The van der Waals surface area contributed by atoms with Gasteiger partial charge in [0.15, 0.2) is 0 Å². The fraction of sp³-hybridized carbons (Fsp3) is 0.862. The summed E-state index contributed by atoms with van der Waals surface area (Å²) in [6.45, 7) is 4.87. The normalized spacial score (nSPS) is 16.3. The molecule has 1 aliphatic heterocycles. The Hall–Kier alpha value is -1.57. The number of imide groups is 1. The van der Waals surface area contributed by atoms with Crippen LogP contribution in [-0.2, 0) is 19.2 Å². The second-order valence-corrected chi connectivity index (χ2v) is 11.6. The number of unbranched alkanes of at least 4 members (excludes halogenated alkanes) is 11. The quantitative estimate of drug-likeness (QED) is 0.127. The Morgan fingerprint density at radius 2 is 1.41 bits per heavy atom. The third-order valence-electron chi connectivity index (χ3n) is 7.11. The molecule has 2 N–H and O–H groups in total. The third-order valence-corrected chi connectivity index (χ3v) is 8.31. The van der Waals surface area contributed by atoms with Crippen molar-refractivity contribution in [2.75, 3.05) is 19.3 Å². The van der Waals surface area contributed by atoms with Crippen LogP contribution < -0.4 is 10.6 Å². The summed E-state index contributed by atoms with van der Waals surface area (Å²) in [7, 11) is 1.56. The minimum absolute atomic E-state index is 0.128. The van der Waals surface area contributed by atoms with Gasteiger partial charge in [-0.1, -0.05) is 90.9 Å². The van der Waals surface area contributed by atoms with Crippen molar-refractivity contribution >= 4 is 35.4 Å². The molecule has 0 spiro atoms. The van der Waals surface area contributed by atoms with Crippen molar-refractivity contribution in [3.63, 3.8) is 0 Å². The van der Waals surface area contributed by atoms with Gasteiger partial charge in [0.1, 0.15) is 0 Å². The van der Waals surface area contributed by atoms with Gasteiger partial charge >= 0.3 is 0 Å². The van der Waals surface area contributed by atoms with Gasteiger partial charge < -0.3 is 10.6 Å². The SMILES string of the molecule is CCCCCCCCC(CCCCCCC)NC(=O)CCCCCN1C(=O)CC(SCC(=O)NC)C1=O. The summed E-state index contributed by atoms with van der Waals surface area (Å²) >= 11 is 1.23. The highest BCUT2D eigenvalue weighted by Crippen LogP contribution is 2.25. The van der Waals surface area contributed by atoms with E-state index in [1.54, 1.807) is 7.05 Å². The molecule has 7 nitrogen and oxygen atoms in total. The number of thioether (sulfide) groups is 1. The van der Waals surface area contributed by atoms with Gasteiger partial charge in [-0.25, -0.2) is 0 Å². The number of amides is 4. The third kappa shape index (κ3) is 15.4. The topological polar surface area (TPSA) is 95.6 Å². The molecule has 214 valence electrons. The highest BCUT2D eigenvalue weighted by Gasteiger charge is 2.38. The summed E-state index contributed by atoms with van der Waals surface area (Å²) < 4.78 is 0. The number of nitrogens with one attached hydrogen (secondary N) is 2. The first-order valence-corrected chi connectivity index (χ1v) is 15.9. The summed E-state index contributed by atoms with van der Waals surface area (Å²) in [5.41, 5.74) is 0. The number of nitrogens with zero attached hydrogens (tertiary/aromatic N) is 1. The minimum Gasteiger partial charge on any atom is -0.358 e. The molecule has 1 heterocycles. The van der Waals surface area contributed by atoms with E-state index < -0.39 is 5.25 Å². The smallest absolute Gasteiger partial charge is 0.242 e. The standard InChI is InChI=1S/C29H53N3O4S/c1-4-6-8-10-12-15-19-24(18-14-11-9-7-5-2)31-26(33)20-16-13-17-21-32-28(35)22-25(29(32)36)37-23-27(34)30-3/h24-25H,4-23H2,1-3H3,(H,30,34)(H,31,33). The summed E-state index contributed by atoms with van der Waals surface area (Å²) in [4.78, 5) is 50.1. The maximum Gasteiger partial charge on any atom is 0.242 e. The first-order valence-electron chi connectivity index (χ1n) is 14.9. The van der Waals surface area contributed by atoms with Gasteiger partial charge in [-0.2, -0.15) is 0 Å². The van der Waals surface area contributed by atoms with E-state index in [-0.39, 0.29) is 41.8 Å². The van der Waals surface area contributed by atoms with Crippen molar-refractivity contribution < 1.29 is 19.2 Å². The zero-order valence-corrected chi connectivity index (χ0v) is 24.6. The van der Waals surface area contributed by atoms with E-state index in [2.05, 4.69) is 24.5 Å². The average Bonchev–Trinajstić information content (AvgIpc) is 3.16. The number of hydrogen-bond donors (Lipinski definition) is 2. The van der Waals surface area contributed by atoms with Gasteiger partial charge in [0.05, 0.1) is 11.0 Å². The second-order valence-electron chi connectivity index (χ2n) is 10.4. The minimum atomic E-state index is -0.457. The highest BCUT2D eigenvalue weighted by molar-refractivity contribution is 8.01. The molecule has 1 aliphatic rings. The zero-order valence-electron chi connectivity index (χ0n) is 23.8. The van der Waals surface area contributed by atoms with Crippen molar-refractivity contribution in [3.8, 4) is 0 Å². The lowest BCUT2D eigenvalue weighted by Gasteiger charge is -2.19. The van der Waals surface area contributed by atoms with Crippen molar-refractivity contribution in [3.05, 3.63) is 0 Å². The monoisotopic (exact) mass is 539 g/mol. The molecular formula is C29H53N3O4S. The number of rotatable bonds is 23. The zero-order chi connectivity index (χ0) is 27.3. The lowest BCUT2D eigenvalue weighted by molar-refractivity contribution is -0.138. The molecule has 0 radical (unpaired) electrons. The molecule has 0 aliphatic carbocycles. The summed E-state index contributed by atoms with van der Waals surface area (Å²) in [6.07, 6.45) is 18.9. The van der Waals surface area contributed by atoms with Crippen LogP contribution in [0.5, 0.6) is 0 Å². The lowest BCUT2D eigenvalue weighted by atomic mass is 10.00. The van der Waals surface area contributed by atoms with Gasteiger partial charge in [-0.3, -0.25) is 24.1 Å². The molecule has 0 aromatic heterocycles. The molecule has 4 amide bonds. The molecule has 8 heteroatoms. The van der Waals surface area contributed by atoms with Gasteiger partial charge in [0, 0.05) is 32.5 Å². The molecule has 2 atom stereocenters. The maximum absolute atomic E-state index is 12.6. The largest absolute Gasteiger partial charge is 0.358 e. The van der Waals surface area contributed by atoms with E-state index in [9.17, 15) is 19.2 Å². The van der Waals surface area contributed by atoms with Crippen LogP contribution in [0.3, 0.4) is 0 Å². The van der Waals surface area contributed by atoms with E-state index in [1.165, 1.54) is 87.3 Å². The van der Waals surface area contributed by atoms with Crippen molar-refractivity contribution in [2.45, 2.75) is 141 Å². The second kappa shape index (κ2) is 21.4. The molecule has 1 rings (SSSR count). The maximum atomic E-state index is 12.6. The van der Waals surface area contributed by atoms with E-state index in [0.29, 0.717) is 19.4 Å². The first-order chi connectivity index (χ1) is 17.9. The Morgan fingerprint density at radius 1 is 0.838 bits per heavy atom. The number of likely N-dealkylation sites (tertiary alicyclic amines) is 1. The number of carbonyl (C=O) groups excluding carboxylic acids is 4. The highest BCUT2D eigenvalue weighted by atomic mass is 32.2. The Morgan fingerprint density at radius 3 is 2.00 bits per heavy atom. The molecule has 0 saturated carbocycles. The van der Waals surface area contributed by atoms with Gasteiger partial charge in [0.25, 0.3) is 0 Å². The van der Waals surface area contributed by atoms with Crippen molar-refractivity contribution in [1.82, 2.24) is 15.5 Å². The fourth-order valence-corrected chi connectivity index (χ4v) is 5.78. The van der Waals surface area contributed by atoms with Crippen LogP contribution in [0.4, 0.5) is 0 Å². The summed E-state index contributed by atoms with van der Waals surface area (Å²) in [5.74, 6) is -0.181. The van der Waals surface area contributed by atoms with Gasteiger partial charge in [0.2, 0.25) is 23.6 Å². The van der Waals surface area contributed by atoms with E-state index in [1.807, 2.05) is 0 Å². The van der Waals surface area contributed by atoms with Crippen LogP contribution in [0.25, 0.3) is 0 Å². The number of hydrogen-bond acceptors (Lipinski definition) is 5. The summed E-state index contributed by atoms with van der Waals surface area (Å²) in [6, 6.07) is 0.282. The molecule has 1 fully saturated rings. The number of carbonyl (C=O) groups is 4. The molecule has 37 heavy (non-hydrogen) atoms. The molecular weight excluding hydrogens is 486 g/mol. The van der Waals surface area contributed by atoms with Crippen LogP contribution in [0, 0.1) is 0 Å². The van der Waals surface area contributed by atoms with E-state index in [4.69, 9.17) is 0 Å². The average molecular weight is 540 g/mol. The molecule has 0 aromatic rings. The Bertz CT molecular complexity index is 674. The predicted molar refractivity (Wildman–Crippen MR) is 153 cm³/mol. The van der Waals surface area contributed by atoms with Crippen molar-refractivity contribution in [2.24, 2.45) is 0 Å². The Labute approximate surface area is 230 Å². The lowest BCUT2D eigenvalue weighted by Crippen LogP contribution is -2.35. The Balaban J connectivity index is 2.29. The van der Waals surface area contributed by atoms with Crippen molar-refractivity contribution in [1.29, 1.82) is 0 Å². The molecule has 1 saturated heterocycles. The van der Waals surface area contributed by atoms with Crippen LogP contribution in [0.2, 0.25) is 0 Å². The van der Waals surface area contributed by atoms with Crippen LogP contribution in [0.1, 0.15) is 129 Å². The first kappa shape index (κ1) is 33.5. The Kier molecular flexibility index (Phi) is 19.3. The molecule has 0 bridgehead atoms. The van der Waals surface area contributed by atoms with Crippen LogP contribution in [-0.4, -0.2) is 59.2 Å².